The van der Waals surface area contributed by atoms with E-state index in [1.807, 2.05) is 6.92 Å². The lowest BCUT2D eigenvalue weighted by molar-refractivity contribution is -0.146. The van der Waals surface area contributed by atoms with Crippen molar-refractivity contribution >= 4 is 50.0 Å². The number of nitrogens with two attached hydrogens (primary N) is 2. The van der Waals surface area contributed by atoms with E-state index >= 15 is 0 Å². The average molecular weight is 734 g/mol. The van der Waals surface area contributed by atoms with Gasteiger partial charge in [0.05, 0.1) is 10.6 Å². The predicted octanol–water partition coefficient (Wildman–Crippen LogP) is 0.716. The van der Waals surface area contributed by atoms with Crippen molar-refractivity contribution in [1.29, 1.82) is 0 Å². The van der Waals surface area contributed by atoms with Crippen LogP contribution in [0.25, 0.3) is 0 Å². The molecule has 46 heavy (non-hydrogen) atoms. The number of likely N-dealkylation sites (tertiary alicyclic amines) is 1. The molecule has 2 fully saturated rings. The van der Waals surface area contributed by atoms with E-state index in [1.54, 1.807) is 19.1 Å². The fourth-order valence-electron chi connectivity index (χ4n) is 6.09. The molecule has 9 N–H and O–H groups in total. The number of rotatable bonds is 15. The zero-order chi connectivity index (χ0) is 34.2. The number of halogens is 1. The molecule has 258 valence electrons. The molecule has 15 nitrogen and oxygen atoms in total. The van der Waals surface area contributed by atoms with Gasteiger partial charge in [0.15, 0.2) is 5.96 Å². The maximum Gasteiger partial charge on any atom is 0.397 e. The number of benzene rings is 1. The molecule has 0 spiro atoms. The van der Waals surface area contributed by atoms with Crippen LogP contribution in [0.1, 0.15) is 64.4 Å². The Bertz CT molecular complexity index is 1380. The van der Waals surface area contributed by atoms with Crippen molar-refractivity contribution in [2.45, 2.75) is 95.5 Å². The first kappa shape index (κ1) is 37.5. The second kappa shape index (κ2) is 16.7. The third kappa shape index (κ3) is 10.5. The Morgan fingerprint density at radius 1 is 1.20 bits per heavy atom. The SMILES string of the molecule is CC[C@H](C)[C@@H](NC(=O)[C@H](O)Cc1ccc(O)c(Br)c1)C(=O)N1[C@@H](C(=O)NCCCCN=C(N)N)C[C@@H]2CC[C@@H](OS(=O)(=O)O)C[C@@H]21. The molecule has 0 bridgehead atoms. The van der Waals surface area contributed by atoms with Gasteiger partial charge in [-0.1, -0.05) is 26.3 Å². The highest BCUT2D eigenvalue weighted by atomic mass is 79.9. The van der Waals surface area contributed by atoms with Crippen molar-refractivity contribution in [3.8, 4) is 5.75 Å². The molecule has 0 radical (unpaired) electrons. The highest BCUT2D eigenvalue weighted by molar-refractivity contribution is 9.10. The highest BCUT2D eigenvalue weighted by Gasteiger charge is 2.51. The van der Waals surface area contributed by atoms with E-state index in [1.165, 1.54) is 11.0 Å². The van der Waals surface area contributed by atoms with Gasteiger partial charge in [-0.25, -0.2) is 4.18 Å². The van der Waals surface area contributed by atoms with E-state index in [2.05, 4.69) is 31.6 Å². The molecule has 2 aliphatic rings. The summed E-state index contributed by atoms with van der Waals surface area (Å²) >= 11 is 3.21. The van der Waals surface area contributed by atoms with Crippen LogP contribution in [0, 0.1) is 11.8 Å². The van der Waals surface area contributed by atoms with Crippen LogP contribution in [0.15, 0.2) is 27.7 Å². The summed E-state index contributed by atoms with van der Waals surface area (Å²) < 4.78 is 37.5. The molecular weight excluding hydrogens is 688 g/mol. The minimum Gasteiger partial charge on any atom is -0.507 e. The second-order valence-corrected chi connectivity index (χ2v) is 13.9. The highest BCUT2D eigenvalue weighted by Crippen LogP contribution is 2.42. The lowest BCUT2D eigenvalue weighted by Gasteiger charge is -2.39. The third-order valence-electron chi connectivity index (χ3n) is 8.64. The molecule has 1 aliphatic carbocycles. The fraction of sp³-hybridized carbons (Fsp3) is 0.655. The molecule has 1 aliphatic heterocycles. The van der Waals surface area contributed by atoms with Gasteiger partial charge in [-0.05, 0) is 84.0 Å². The van der Waals surface area contributed by atoms with E-state index in [0.717, 1.165) is 0 Å². The molecule has 1 aromatic carbocycles. The van der Waals surface area contributed by atoms with Gasteiger partial charge < -0.3 is 37.2 Å². The number of hydrogen-bond acceptors (Lipinski definition) is 9. The number of nitrogens with one attached hydrogen (secondary N) is 2. The maximum absolute atomic E-state index is 14.4. The monoisotopic (exact) mass is 732 g/mol. The molecule has 3 rings (SSSR count). The number of aliphatic imine (C=N–C) groups is 1. The van der Waals surface area contributed by atoms with Crippen LogP contribution < -0.4 is 22.1 Å². The maximum atomic E-state index is 14.4. The van der Waals surface area contributed by atoms with Gasteiger partial charge in [-0.3, -0.25) is 23.9 Å². The molecule has 1 heterocycles. The molecule has 17 heteroatoms. The number of hydrogen-bond donors (Lipinski definition) is 7. The van der Waals surface area contributed by atoms with Crippen molar-refractivity contribution in [2.24, 2.45) is 28.3 Å². The van der Waals surface area contributed by atoms with Crippen LogP contribution in [0.2, 0.25) is 0 Å². The Labute approximate surface area is 277 Å². The molecule has 1 aromatic rings. The number of phenols is 1. The van der Waals surface area contributed by atoms with Crippen LogP contribution in [-0.4, -0.2) is 95.2 Å². The van der Waals surface area contributed by atoms with E-state index in [0.29, 0.717) is 61.7 Å². The zero-order valence-electron chi connectivity index (χ0n) is 26.0. The Morgan fingerprint density at radius 3 is 2.54 bits per heavy atom. The summed E-state index contributed by atoms with van der Waals surface area (Å²) in [7, 11) is -4.74. The molecule has 1 saturated heterocycles. The van der Waals surface area contributed by atoms with Gasteiger partial charge in [0, 0.05) is 25.6 Å². The molecule has 0 unspecified atom stereocenters. The van der Waals surface area contributed by atoms with E-state index in [4.69, 9.17) is 15.7 Å². The third-order valence-corrected chi connectivity index (χ3v) is 9.79. The number of amides is 3. The van der Waals surface area contributed by atoms with Crippen molar-refractivity contribution in [1.82, 2.24) is 15.5 Å². The standard InChI is InChI=1S/C29H45BrN6O9S/c1-3-16(2)25(35-27(40)24(38)13-17-6-9-23(37)20(30)12-17)28(41)36-21-15-19(45-46(42,43)44)8-7-18(21)14-22(36)26(39)33-10-4-5-11-34-29(31)32/h6,9,12,16,18-19,21-22,24-25,37-38H,3-5,7-8,10-11,13-15H2,1-2H3,(H,33,39)(H,35,40)(H4,31,32,34)(H,42,43,44)/t16-,18-,19+,21-,22+,24+,25+/m0/s1. The van der Waals surface area contributed by atoms with E-state index in [-0.39, 0.29) is 36.4 Å². The van der Waals surface area contributed by atoms with E-state index in [9.17, 15) is 37.6 Å². The van der Waals surface area contributed by atoms with Crippen LogP contribution in [0.3, 0.4) is 0 Å². The number of phenolic OH excluding ortho intramolecular Hbond substituents is 1. The molecule has 7 atom stereocenters. The molecular formula is C29H45BrN6O9S. The lowest BCUT2D eigenvalue weighted by atomic mass is 9.83. The number of fused-ring (bicyclic) bond motifs is 1. The number of aliphatic hydroxyl groups is 1. The molecule has 3 amide bonds. The summed E-state index contributed by atoms with van der Waals surface area (Å²) in [4.78, 5) is 46.4. The van der Waals surface area contributed by atoms with Gasteiger partial charge in [0.2, 0.25) is 17.7 Å². The number of guanidine groups is 1. The number of aromatic hydroxyl groups is 1. The van der Waals surface area contributed by atoms with Crippen LogP contribution in [0.4, 0.5) is 0 Å². The Hall–Kier alpha value is -2.99. The Balaban J connectivity index is 1.82. The minimum absolute atomic E-state index is 0.00511. The van der Waals surface area contributed by atoms with Gasteiger partial charge in [0.25, 0.3) is 0 Å². The van der Waals surface area contributed by atoms with Crippen molar-refractivity contribution in [3.63, 3.8) is 0 Å². The van der Waals surface area contributed by atoms with Crippen molar-refractivity contribution < 1.29 is 41.8 Å². The number of unbranched alkanes of at least 4 members (excludes halogenated alkanes) is 1. The summed E-state index contributed by atoms with van der Waals surface area (Å²) in [5.74, 6) is -2.25. The number of aliphatic hydroxyl groups excluding tert-OH is 1. The summed E-state index contributed by atoms with van der Waals surface area (Å²) in [6.45, 7) is 4.33. The smallest absolute Gasteiger partial charge is 0.397 e. The lowest BCUT2D eigenvalue weighted by Crippen LogP contribution is -2.59. The van der Waals surface area contributed by atoms with Crippen LogP contribution in [0.5, 0.6) is 5.75 Å². The minimum atomic E-state index is -4.74. The van der Waals surface area contributed by atoms with Crippen molar-refractivity contribution in [2.75, 3.05) is 13.1 Å². The molecule has 0 aromatic heterocycles. The Morgan fingerprint density at radius 2 is 1.91 bits per heavy atom. The normalized spacial score (nSPS) is 23.1. The fourth-order valence-corrected chi connectivity index (χ4v) is 7.03. The summed E-state index contributed by atoms with van der Waals surface area (Å²) in [5.41, 5.74) is 11.3. The molecule has 1 saturated carbocycles. The zero-order valence-corrected chi connectivity index (χ0v) is 28.4. The topological polar surface area (TPSA) is 247 Å². The number of nitrogens with zero attached hydrogens (tertiary/aromatic N) is 2. The largest absolute Gasteiger partial charge is 0.507 e. The Kier molecular flexibility index (Phi) is 13.6. The number of carbonyl (C=O) groups excluding carboxylic acids is 3. The van der Waals surface area contributed by atoms with Gasteiger partial charge in [-0.2, -0.15) is 8.42 Å². The van der Waals surface area contributed by atoms with Crippen molar-refractivity contribution in [3.05, 3.63) is 28.2 Å². The first-order valence-corrected chi connectivity index (χ1v) is 17.5. The summed E-state index contributed by atoms with van der Waals surface area (Å²) in [5, 5.41) is 26.1. The second-order valence-electron chi connectivity index (χ2n) is 12.0. The number of carbonyl (C=O) groups is 3. The quantitative estimate of drug-likeness (QED) is 0.0573. The van der Waals surface area contributed by atoms with Gasteiger partial charge in [-0.15, -0.1) is 0 Å². The van der Waals surface area contributed by atoms with E-state index < -0.39 is 58.5 Å². The average Bonchev–Trinajstić information content (AvgIpc) is 3.36. The van der Waals surface area contributed by atoms with Crippen LogP contribution in [-0.2, 0) is 35.4 Å². The first-order valence-electron chi connectivity index (χ1n) is 15.4. The summed E-state index contributed by atoms with van der Waals surface area (Å²) in [6, 6.07) is 1.98. The van der Waals surface area contributed by atoms with Gasteiger partial charge in [0.1, 0.15) is 23.9 Å². The predicted molar refractivity (Wildman–Crippen MR) is 173 cm³/mol. The summed E-state index contributed by atoms with van der Waals surface area (Å²) in [6.07, 6.45) is 0.370. The van der Waals surface area contributed by atoms with Crippen LogP contribution >= 0.6 is 15.9 Å². The van der Waals surface area contributed by atoms with Gasteiger partial charge >= 0.3 is 10.4 Å². The first-order chi connectivity index (χ1) is 21.6.